The van der Waals surface area contributed by atoms with Gasteiger partial charge >= 0.3 is 0 Å². The third kappa shape index (κ3) is 3.94. The number of carbonyl (C=O) groups is 1. The van der Waals surface area contributed by atoms with Crippen LogP contribution in [0.25, 0.3) is 0 Å². The molecule has 1 aliphatic heterocycles. The highest BCUT2D eigenvalue weighted by Crippen LogP contribution is 2.30. The van der Waals surface area contributed by atoms with Crippen LogP contribution >= 0.6 is 15.9 Å². The third-order valence-electron chi connectivity index (χ3n) is 4.38. The van der Waals surface area contributed by atoms with E-state index in [2.05, 4.69) is 39.1 Å². The van der Waals surface area contributed by atoms with Crippen molar-refractivity contribution in [2.24, 2.45) is 5.92 Å². The Kier molecular flexibility index (Phi) is 5.01. The maximum absolute atomic E-state index is 12.5. The van der Waals surface area contributed by atoms with Gasteiger partial charge in [-0.15, -0.1) is 0 Å². The van der Waals surface area contributed by atoms with Gasteiger partial charge in [-0.05, 0) is 55.2 Å². The highest BCUT2D eigenvalue weighted by molar-refractivity contribution is 9.10. The van der Waals surface area contributed by atoms with Crippen molar-refractivity contribution in [2.75, 3.05) is 23.3 Å². The number of nitrogens with zero attached hydrogens (tertiary/aromatic N) is 1. The molecule has 0 bridgehead atoms. The number of carbonyl (C=O) groups excluding carboxylic acids is 1. The average molecular weight is 373 g/mol. The van der Waals surface area contributed by atoms with Crippen LogP contribution in [0.5, 0.6) is 0 Å². The van der Waals surface area contributed by atoms with Gasteiger partial charge in [0.2, 0.25) is 0 Å². The molecule has 0 spiro atoms. The molecular formula is C19H21BrN2O. The number of rotatable bonds is 3. The van der Waals surface area contributed by atoms with Crippen molar-refractivity contribution in [3.63, 3.8) is 0 Å². The third-order valence-corrected chi connectivity index (χ3v) is 4.91. The number of piperidine rings is 1. The molecule has 1 amide bonds. The smallest absolute Gasteiger partial charge is 0.255 e. The quantitative estimate of drug-likeness (QED) is 0.827. The minimum absolute atomic E-state index is 0.0738. The molecule has 1 fully saturated rings. The van der Waals surface area contributed by atoms with Crippen molar-refractivity contribution in [3.05, 3.63) is 58.6 Å². The molecule has 3 rings (SSSR count). The summed E-state index contributed by atoms with van der Waals surface area (Å²) in [4.78, 5) is 14.8. The standard InChI is InChI=1S/C19H21BrN2O/c1-14-10-12-22(13-11-14)18-5-3-2-4-17(18)21-19(23)15-6-8-16(20)9-7-15/h2-9,14H,10-13H2,1H3,(H,21,23). The van der Waals surface area contributed by atoms with Gasteiger partial charge < -0.3 is 10.2 Å². The number of hydrogen-bond donors (Lipinski definition) is 1. The fraction of sp³-hybridized carbons (Fsp3) is 0.316. The van der Waals surface area contributed by atoms with Crippen LogP contribution in [0.4, 0.5) is 11.4 Å². The van der Waals surface area contributed by atoms with Crippen molar-refractivity contribution < 1.29 is 4.79 Å². The van der Waals surface area contributed by atoms with Crippen LogP contribution in [0.1, 0.15) is 30.1 Å². The Labute approximate surface area is 145 Å². The van der Waals surface area contributed by atoms with Gasteiger partial charge in [-0.2, -0.15) is 0 Å². The Morgan fingerprint density at radius 2 is 1.74 bits per heavy atom. The van der Waals surface area contributed by atoms with E-state index in [-0.39, 0.29) is 5.91 Å². The van der Waals surface area contributed by atoms with Crippen molar-refractivity contribution >= 4 is 33.2 Å². The SMILES string of the molecule is CC1CCN(c2ccccc2NC(=O)c2ccc(Br)cc2)CC1. The fourth-order valence-corrected chi connectivity index (χ4v) is 3.16. The lowest BCUT2D eigenvalue weighted by molar-refractivity contribution is 0.102. The summed E-state index contributed by atoms with van der Waals surface area (Å²) in [7, 11) is 0. The van der Waals surface area contributed by atoms with Gasteiger partial charge in [0, 0.05) is 23.1 Å². The van der Waals surface area contributed by atoms with Gasteiger partial charge in [0.05, 0.1) is 11.4 Å². The van der Waals surface area contributed by atoms with E-state index in [1.807, 2.05) is 42.5 Å². The lowest BCUT2D eigenvalue weighted by Crippen LogP contribution is -2.33. The molecule has 1 heterocycles. The number of benzene rings is 2. The van der Waals surface area contributed by atoms with Gasteiger partial charge in [-0.3, -0.25) is 4.79 Å². The number of anilines is 2. The minimum Gasteiger partial charge on any atom is -0.370 e. The molecule has 0 unspecified atom stereocenters. The van der Waals surface area contributed by atoms with Gasteiger partial charge in [-0.1, -0.05) is 35.0 Å². The number of hydrogen-bond acceptors (Lipinski definition) is 2. The number of para-hydroxylation sites is 2. The zero-order valence-electron chi connectivity index (χ0n) is 13.3. The summed E-state index contributed by atoms with van der Waals surface area (Å²) >= 11 is 3.39. The van der Waals surface area contributed by atoms with E-state index in [4.69, 9.17) is 0 Å². The van der Waals surface area contributed by atoms with Crippen molar-refractivity contribution in [1.29, 1.82) is 0 Å². The number of amides is 1. The van der Waals surface area contributed by atoms with E-state index in [1.165, 1.54) is 12.8 Å². The van der Waals surface area contributed by atoms with Crippen LogP contribution in [0.3, 0.4) is 0 Å². The van der Waals surface area contributed by atoms with Gasteiger partial charge in [0.15, 0.2) is 0 Å². The second-order valence-corrected chi connectivity index (χ2v) is 7.06. The van der Waals surface area contributed by atoms with E-state index >= 15 is 0 Å². The van der Waals surface area contributed by atoms with E-state index < -0.39 is 0 Å². The lowest BCUT2D eigenvalue weighted by atomic mass is 9.98. The summed E-state index contributed by atoms with van der Waals surface area (Å²) in [6.45, 7) is 4.40. The van der Waals surface area contributed by atoms with Gasteiger partial charge in [0.25, 0.3) is 5.91 Å². The highest BCUT2D eigenvalue weighted by atomic mass is 79.9. The Morgan fingerprint density at radius 3 is 2.43 bits per heavy atom. The van der Waals surface area contributed by atoms with Crippen LogP contribution < -0.4 is 10.2 Å². The largest absolute Gasteiger partial charge is 0.370 e. The van der Waals surface area contributed by atoms with Crippen molar-refractivity contribution in [2.45, 2.75) is 19.8 Å². The summed E-state index contributed by atoms with van der Waals surface area (Å²) in [5.74, 6) is 0.714. The summed E-state index contributed by atoms with van der Waals surface area (Å²) in [6.07, 6.45) is 2.41. The molecule has 0 saturated carbocycles. The summed E-state index contributed by atoms with van der Waals surface area (Å²) in [6, 6.07) is 15.5. The highest BCUT2D eigenvalue weighted by Gasteiger charge is 2.19. The summed E-state index contributed by atoms with van der Waals surface area (Å²) in [5, 5.41) is 3.06. The number of halogens is 1. The maximum atomic E-state index is 12.5. The Hall–Kier alpha value is -1.81. The van der Waals surface area contributed by atoms with E-state index in [9.17, 15) is 4.79 Å². The second-order valence-electron chi connectivity index (χ2n) is 6.15. The molecule has 1 aliphatic rings. The normalized spacial score (nSPS) is 15.5. The Morgan fingerprint density at radius 1 is 1.09 bits per heavy atom. The predicted octanol–water partition coefficient (Wildman–Crippen LogP) is 4.94. The minimum atomic E-state index is -0.0738. The van der Waals surface area contributed by atoms with E-state index in [1.54, 1.807) is 0 Å². The average Bonchev–Trinajstić information content (AvgIpc) is 2.57. The van der Waals surface area contributed by atoms with Gasteiger partial charge in [-0.25, -0.2) is 0 Å². The molecule has 23 heavy (non-hydrogen) atoms. The first kappa shape index (κ1) is 16.1. The second kappa shape index (κ2) is 7.18. The fourth-order valence-electron chi connectivity index (χ4n) is 2.90. The zero-order valence-corrected chi connectivity index (χ0v) is 14.8. The predicted molar refractivity (Wildman–Crippen MR) is 99.1 cm³/mol. The topological polar surface area (TPSA) is 32.3 Å². The molecule has 4 heteroatoms. The summed E-state index contributed by atoms with van der Waals surface area (Å²) in [5.41, 5.74) is 2.66. The van der Waals surface area contributed by atoms with Crippen LogP contribution in [-0.4, -0.2) is 19.0 Å². The van der Waals surface area contributed by atoms with Crippen LogP contribution in [0, 0.1) is 5.92 Å². The molecule has 120 valence electrons. The lowest BCUT2D eigenvalue weighted by Gasteiger charge is -2.33. The molecular weight excluding hydrogens is 352 g/mol. The summed E-state index contributed by atoms with van der Waals surface area (Å²) < 4.78 is 0.969. The van der Waals surface area contributed by atoms with Crippen LogP contribution in [0.2, 0.25) is 0 Å². The van der Waals surface area contributed by atoms with Crippen molar-refractivity contribution in [3.8, 4) is 0 Å². The molecule has 0 atom stereocenters. The molecule has 1 N–H and O–H groups in total. The molecule has 2 aromatic carbocycles. The van der Waals surface area contributed by atoms with Crippen molar-refractivity contribution in [1.82, 2.24) is 0 Å². The number of nitrogens with one attached hydrogen (secondary N) is 1. The zero-order chi connectivity index (χ0) is 16.2. The van der Waals surface area contributed by atoms with E-state index in [0.29, 0.717) is 5.56 Å². The van der Waals surface area contributed by atoms with Crippen LogP contribution in [0.15, 0.2) is 53.0 Å². The monoisotopic (exact) mass is 372 g/mol. The first-order chi connectivity index (χ1) is 11.1. The molecule has 0 aliphatic carbocycles. The van der Waals surface area contributed by atoms with E-state index in [0.717, 1.165) is 34.9 Å². The molecule has 2 aromatic rings. The maximum Gasteiger partial charge on any atom is 0.255 e. The first-order valence-electron chi connectivity index (χ1n) is 8.04. The Balaban J connectivity index is 1.77. The molecule has 0 aromatic heterocycles. The first-order valence-corrected chi connectivity index (χ1v) is 8.83. The Bertz CT molecular complexity index is 676. The molecule has 0 radical (unpaired) electrons. The van der Waals surface area contributed by atoms with Gasteiger partial charge in [0.1, 0.15) is 0 Å². The molecule has 3 nitrogen and oxygen atoms in total. The molecule has 1 saturated heterocycles. The van der Waals surface area contributed by atoms with Crippen LogP contribution in [-0.2, 0) is 0 Å².